The minimum Gasteiger partial charge on any atom is -0.493 e. The van der Waals surface area contributed by atoms with Crippen molar-refractivity contribution in [1.82, 2.24) is 24.9 Å². The van der Waals surface area contributed by atoms with Gasteiger partial charge in [-0.05, 0) is 59.9 Å². The fourth-order valence-electron chi connectivity index (χ4n) is 4.38. The number of pyridine rings is 1. The van der Waals surface area contributed by atoms with Gasteiger partial charge < -0.3 is 19.5 Å². The number of anilines is 2. The molecule has 14 heteroatoms. The molecule has 3 heterocycles. The first kappa shape index (κ1) is 33.7. The van der Waals surface area contributed by atoms with E-state index in [2.05, 4.69) is 35.0 Å². The summed E-state index contributed by atoms with van der Waals surface area (Å²) in [5, 5.41) is 2.73. The number of amides is 1. The van der Waals surface area contributed by atoms with Gasteiger partial charge in [-0.3, -0.25) is 9.52 Å². The third kappa shape index (κ3) is 8.59. The number of methoxy groups -OCH3 is 1. The number of nitrogens with zero attached hydrogens (tertiary/aromatic N) is 5. The van der Waals surface area contributed by atoms with Gasteiger partial charge in [0.05, 0.1) is 18.6 Å². The van der Waals surface area contributed by atoms with E-state index in [0.29, 0.717) is 11.6 Å². The summed E-state index contributed by atoms with van der Waals surface area (Å²) >= 11 is 0. The normalized spacial score (nSPS) is 11.4. The molecule has 1 amide bonds. The smallest absolute Gasteiger partial charge is 0.263 e. The van der Waals surface area contributed by atoms with Gasteiger partial charge in [0.25, 0.3) is 15.9 Å². The summed E-state index contributed by atoms with van der Waals surface area (Å²) in [7, 11) is -2.72. The van der Waals surface area contributed by atoms with E-state index in [1.54, 1.807) is 66.9 Å². The van der Waals surface area contributed by atoms with Crippen molar-refractivity contribution in [3.05, 3.63) is 97.0 Å². The average Bonchev–Trinajstić information content (AvgIpc) is 3.08. The van der Waals surface area contributed by atoms with E-state index in [1.807, 2.05) is 20.8 Å². The first-order valence-corrected chi connectivity index (χ1v) is 16.5. The van der Waals surface area contributed by atoms with Gasteiger partial charge in [-0.15, -0.1) is 0 Å². The van der Waals surface area contributed by atoms with Crippen molar-refractivity contribution in [1.29, 1.82) is 0 Å². The molecular formula is C34H35N7O6S. The van der Waals surface area contributed by atoms with Crippen molar-refractivity contribution in [2.45, 2.75) is 43.9 Å². The van der Waals surface area contributed by atoms with Crippen LogP contribution in [0.1, 0.15) is 39.2 Å². The molecule has 0 aliphatic carbocycles. The summed E-state index contributed by atoms with van der Waals surface area (Å²) in [4.78, 5) is 34.1. The van der Waals surface area contributed by atoms with E-state index < -0.39 is 10.0 Å². The molecule has 0 fully saturated rings. The second-order valence-corrected chi connectivity index (χ2v) is 13.1. The quantitative estimate of drug-likeness (QED) is 0.141. The Bertz CT molecular complexity index is 1950. The van der Waals surface area contributed by atoms with Crippen molar-refractivity contribution in [3.8, 4) is 34.8 Å². The Kier molecular flexibility index (Phi) is 10.4. The van der Waals surface area contributed by atoms with Crippen LogP contribution < -0.4 is 24.2 Å². The molecule has 0 radical (unpaired) electrons. The SMILES string of the molecule is COc1ccccc1Oc1c(NS(=O)(=O)c2ccc(C(C)(C)C)cc2)nc(-c2ncccn2)nc1OCCCC(=O)Nc1ccccn1. The highest BCUT2D eigenvalue weighted by Crippen LogP contribution is 2.41. The maximum atomic E-state index is 13.8. The number of para-hydroxylation sites is 2. The Morgan fingerprint density at radius 1 is 0.812 bits per heavy atom. The first-order valence-electron chi connectivity index (χ1n) is 15.0. The standard InChI is InChI=1S/C34H35N7O6S/c1-34(2,3)23-15-17-24(18-16-23)48(43,44)41-30-29(47-26-12-6-5-11-25(26)45-4)33(40-32(39-30)31-36-20-10-21-37-31)46-22-9-14-28(42)38-27-13-7-8-19-35-27/h5-8,10-13,15-21H,9,14,22H2,1-4H3,(H,35,38,42)(H,39,40,41). The number of hydrogen-bond donors (Lipinski definition) is 2. The minimum absolute atomic E-state index is 0.0104. The van der Waals surface area contributed by atoms with Gasteiger partial charge in [-0.2, -0.15) is 4.98 Å². The molecule has 248 valence electrons. The van der Waals surface area contributed by atoms with Crippen LogP contribution in [0, 0.1) is 0 Å². The molecule has 0 aliphatic heterocycles. The molecule has 0 atom stereocenters. The predicted molar refractivity (Wildman–Crippen MR) is 180 cm³/mol. The number of benzene rings is 2. The van der Waals surface area contributed by atoms with Crippen molar-refractivity contribution >= 4 is 27.6 Å². The van der Waals surface area contributed by atoms with Crippen LogP contribution in [-0.2, 0) is 20.2 Å². The van der Waals surface area contributed by atoms with Gasteiger partial charge in [0.2, 0.25) is 17.5 Å². The first-order chi connectivity index (χ1) is 23.0. The number of sulfonamides is 1. The van der Waals surface area contributed by atoms with Crippen LogP contribution in [0.25, 0.3) is 11.6 Å². The fraction of sp³-hybridized carbons (Fsp3) is 0.235. The van der Waals surface area contributed by atoms with Gasteiger partial charge in [0, 0.05) is 25.0 Å². The predicted octanol–water partition coefficient (Wildman–Crippen LogP) is 6.03. The Morgan fingerprint density at radius 3 is 2.17 bits per heavy atom. The highest BCUT2D eigenvalue weighted by molar-refractivity contribution is 7.92. The van der Waals surface area contributed by atoms with Crippen LogP contribution in [0.4, 0.5) is 11.6 Å². The lowest BCUT2D eigenvalue weighted by Crippen LogP contribution is -2.17. The number of nitrogens with one attached hydrogen (secondary N) is 2. The van der Waals surface area contributed by atoms with Crippen LogP contribution in [0.2, 0.25) is 0 Å². The van der Waals surface area contributed by atoms with Crippen molar-refractivity contribution in [2.24, 2.45) is 0 Å². The maximum absolute atomic E-state index is 13.8. The third-order valence-electron chi connectivity index (χ3n) is 6.86. The molecular weight excluding hydrogens is 634 g/mol. The molecule has 0 bridgehead atoms. The minimum atomic E-state index is -4.19. The van der Waals surface area contributed by atoms with Gasteiger partial charge in [0.15, 0.2) is 23.1 Å². The zero-order chi connectivity index (χ0) is 34.1. The van der Waals surface area contributed by atoms with Gasteiger partial charge in [-0.25, -0.2) is 28.4 Å². The number of carbonyl (C=O) groups excluding carboxylic acids is 1. The van der Waals surface area contributed by atoms with Crippen molar-refractivity contribution < 1.29 is 27.4 Å². The van der Waals surface area contributed by atoms with Crippen LogP contribution in [0.5, 0.6) is 23.1 Å². The number of hydrogen-bond acceptors (Lipinski definition) is 11. The maximum Gasteiger partial charge on any atom is 0.263 e. The third-order valence-corrected chi connectivity index (χ3v) is 8.22. The zero-order valence-electron chi connectivity index (χ0n) is 26.9. The number of rotatable bonds is 13. The second kappa shape index (κ2) is 14.9. The second-order valence-electron chi connectivity index (χ2n) is 11.5. The summed E-state index contributed by atoms with van der Waals surface area (Å²) in [6.45, 7) is 6.14. The van der Waals surface area contributed by atoms with E-state index in [1.165, 1.54) is 31.6 Å². The topological polar surface area (TPSA) is 167 Å². The molecule has 3 aromatic heterocycles. The van der Waals surface area contributed by atoms with Gasteiger partial charge >= 0.3 is 0 Å². The van der Waals surface area contributed by atoms with Gasteiger partial charge in [-0.1, -0.05) is 51.1 Å². The zero-order valence-corrected chi connectivity index (χ0v) is 27.7. The lowest BCUT2D eigenvalue weighted by molar-refractivity contribution is -0.116. The van der Waals surface area contributed by atoms with Crippen LogP contribution in [0.15, 0.2) is 96.3 Å². The number of aromatic nitrogens is 5. The Morgan fingerprint density at radius 2 is 1.50 bits per heavy atom. The van der Waals surface area contributed by atoms with E-state index >= 15 is 0 Å². The van der Waals surface area contributed by atoms with E-state index in [-0.39, 0.29) is 70.5 Å². The molecule has 0 saturated heterocycles. The van der Waals surface area contributed by atoms with E-state index in [4.69, 9.17) is 14.2 Å². The van der Waals surface area contributed by atoms with Crippen LogP contribution >= 0.6 is 0 Å². The molecule has 2 N–H and O–H groups in total. The van der Waals surface area contributed by atoms with E-state index in [9.17, 15) is 13.2 Å². The number of ether oxygens (including phenoxy) is 3. The van der Waals surface area contributed by atoms with Crippen molar-refractivity contribution in [3.63, 3.8) is 0 Å². The molecule has 13 nitrogen and oxygen atoms in total. The molecule has 2 aromatic carbocycles. The monoisotopic (exact) mass is 669 g/mol. The largest absolute Gasteiger partial charge is 0.493 e. The average molecular weight is 670 g/mol. The summed E-state index contributed by atoms with van der Waals surface area (Å²) in [6, 6.07) is 20.2. The highest BCUT2D eigenvalue weighted by atomic mass is 32.2. The lowest BCUT2D eigenvalue weighted by atomic mass is 9.87. The Balaban J connectivity index is 1.51. The van der Waals surface area contributed by atoms with Crippen molar-refractivity contribution in [2.75, 3.05) is 23.8 Å². The van der Waals surface area contributed by atoms with Crippen LogP contribution in [0.3, 0.4) is 0 Å². The summed E-state index contributed by atoms with van der Waals surface area (Å²) in [5.41, 5.74) is 0.797. The molecule has 5 rings (SSSR count). The summed E-state index contributed by atoms with van der Waals surface area (Å²) in [5.74, 6) is 0.442. The lowest BCUT2D eigenvalue weighted by Gasteiger charge is -2.20. The molecule has 5 aromatic rings. The molecule has 0 unspecified atom stereocenters. The molecule has 0 spiro atoms. The Hall–Kier alpha value is -5.63. The Labute approximate surface area is 278 Å². The van der Waals surface area contributed by atoms with Crippen LogP contribution in [-0.4, -0.2) is 53.0 Å². The molecule has 0 saturated carbocycles. The van der Waals surface area contributed by atoms with E-state index in [0.717, 1.165) is 5.56 Å². The molecule has 48 heavy (non-hydrogen) atoms. The highest BCUT2D eigenvalue weighted by Gasteiger charge is 2.26. The summed E-state index contributed by atoms with van der Waals surface area (Å²) < 4.78 is 47.8. The summed E-state index contributed by atoms with van der Waals surface area (Å²) in [6.07, 6.45) is 4.99. The fourth-order valence-corrected chi connectivity index (χ4v) is 5.39. The van der Waals surface area contributed by atoms with Gasteiger partial charge in [0.1, 0.15) is 5.82 Å². The molecule has 0 aliphatic rings. The number of carbonyl (C=O) groups is 1.